The van der Waals surface area contributed by atoms with Crippen LogP contribution in [-0.2, 0) is 19.1 Å². The highest BCUT2D eigenvalue weighted by atomic mass is 16.5. The van der Waals surface area contributed by atoms with Crippen molar-refractivity contribution in [3.05, 3.63) is 11.6 Å². The maximum absolute atomic E-state index is 11.7. The molecule has 0 atom stereocenters. The molecule has 7 amide bonds. The Labute approximate surface area is 103 Å². The van der Waals surface area contributed by atoms with Gasteiger partial charge in [0.05, 0.1) is 0 Å². The van der Waals surface area contributed by atoms with Gasteiger partial charge in [0.25, 0.3) is 23.3 Å². The molecule has 1 spiro atoms. The summed E-state index contributed by atoms with van der Waals surface area (Å²) in [6, 6.07) is -1.97. The molecule has 0 aromatic heterocycles. The molecule has 1 fully saturated rings. The zero-order valence-electron chi connectivity index (χ0n) is 8.97. The zero-order valence-corrected chi connectivity index (χ0v) is 8.97. The number of nitrogens with one attached hydrogen (secondary N) is 3. The average Bonchev–Trinajstić information content (AvgIpc) is 2.67. The Morgan fingerprint density at radius 3 is 2.26 bits per heavy atom. The third kappa shape index (κ3) is 1.36. The largest absolute Gasteiger partial charge is 0.445 e. The predicted molar refractivity (Wildman–Crippen MR) is 54.6 cm³/mol. The molecule has 0 bridgehead atoms. The van der Waals surface area contributed by atoms with Crippen LogP contribution in [0, 0.1) is 0 Å². The minimum atomic E-state index is -2.20. The molecule has 0 saturated carbocycles. The summed E-state index contributed by atoms with van der Waals surface area (Å²) >= 11 is 0. The van der Waals surface area contributed by atoms with E-state index in [1.165, 1.54) is 0 Å². The molecule has 19 heavy (non-hydrogen) atoms. The Morgan fingerprint density at radius 1 is 1.00 bits per heavy atom. The number of hydrogen-bond acceptors (Lipinski definition) is 6. The van der Waals surface area contributed by atoms with Crippen molar-refractivity contribution < 1.29 is 28.7 Å². The first-order chi connectivity index (χ1) is 8.92. The van der Waals surface area contributed by atoms with Gasteiger partial charge in [-0.05, 0) is 6.08 Å². The van der Waals surface area contributed by atoms with Gasteiger partial charge >= 0.3 is 12.1 Å². The summed E-state index contributed by atoms with van der Waals surface area (Å²) < 4.78 is 5.01. The molecular formula is C9H4N4O6. The van der Waals surface area contributed by atoms with E-state index in [0.717, 1.165) is 6.08 Å². The van der Waals surface area contributed by atoms with Gasteiger partial charge < -0.3 is 4.74 Å². The van der Waals surface area contributed by atoms with Crippen molar-refractivity contribution in [3.63, 3.8) is 0 Å². The van der Waals surface area contributed by atoms with Crippen LogP contribution in [0.3, 0.4) is 0 Å². The Hall–Kier alpha value is -3.04. The Kier molecular flexibility index (Phi) is 1.89. The number of rotatable bonds is 0. The van der Waals surface area contributed by atoms with Crippen molar-refractivity contribution >= 4 is 35.7 Å². The van der Waals surface area contributed by atoms with Crippen LogP contribution in [0.15, 0.2) is 16.6 Å². The van der Waals surface area contributed by atoms with Crippen molar-refractivity contribution in [2.45, 2.75) is 5.60 Å². The lowest BCUT2D eigenvalue weighted by atomic mass is 9.99. The summed E-state index contributed by atoms with van der Waals surface area (Å²) in [7, 11) is 0. The highest BCUT2D eigenvalue weighted by molar-refractivity contribution is 6.33. The molecule has 0 aromatic rings. The molecule has 0 unspecified atom stereocenters. The Balaban J connectivity index is 2.10. The SMILES string of the molecule is O=C1N=C2OC3(C=C2C(=O)N1)C(=O)NC(=O)NC3=O. The van der Waals surface area contributed by atoms with Crippen LogP contribution in [0.1, 0.15) is 0 Å². The standard InChI is InChI=1S/C9H4N4O6/c14-3-2-1-9(19-4(2)11-7(17)10-3)5(15)12-8(18)13-6(9)16/h1H,(H,10,14,17)(H2,12,13,15,16,18). The summed E-state index contributed by atoms with van der Waals surface area (Å²) in [5.41, 5.74) is -2.43. The lowest BCUT2D eigenvalue weighted by Gasteiger charge is -2.27. The summed E-state index contributed by atoms with van der Waals surface area (Å²) in [5, 5.41) is 5.52. The van der Waals surface area contributed by atoms with Gasteiger partial charge in [-0.15, -0.1) is 0 Å². The van der Waals surface area contributed by atoms with Gasteiger partial charge in [0.1, 0.15) is 5.57 Å². The number of hydrogen-bond donors (Lipinski definition) is 3. The molecule has 3 N–H and O–H groups in total. The maximum Gasteiger partial charge on any atom is 0.351 e. The van der Waals surface area contributed by atoms with Crippen molar-refractivity contribution in [3.8, 4) is 0 Å². The number of imide groups is 3. The summed E-state index contributed by atoms with van der Waals surface area (Å²) in [6.45, 7) is 0. The van der Waals surface area contributed by atoms with E-state index in [9.17, 15) is 24.0 Å². The topological polar surface area (TPSA) is 143 Å². The molecular weight excluding hydrogens is 260 g/mol. The molecule has 0 radical (unpaired) electrons. The van der Waals surface area contributed by atoms with E-state index in [1.54, 1.807) is 0 Å². The van der Waals surface area contributed by atoms with E-state index in [4.69, 9.17) is 4.74 Å². The average molecular weight is 264 g/mol. The van der Waals surface area contributed by atoms with Gasteiger partial charge in [0, 0.05) is 0 Å². The fraction of sp³-hybridized carbons (Fsp3) is 0.111. The number of carbonyl (C=O) groups excluding carboxylic acids is 5. The third-order valence-electron chi connectivity index (χ3n) is 2.63. The number of nitrogens with zero attached hydrogens (tertiary/aromatic N) is 1. The zero-order chi connectivity index (χ0) is 13.8. The quantitative estimate of drug-likeness (QED) is 0.419. The molecule has 10 nitrogen and oxygen atoms in total. The van der Waals surface area contributed by atoms with Gasteiger partial charge in [-0.25, -0.2) is 9.59 Å². The van der Waals surface area contributed by atoms with E-state index in [0.29, 0.717) is 0 Å². The minimum absolute atomic E-state index is 0.223. The van der Waals surface area contributed by atoms with E-state index in [2.05, 4.69) is 4.99 Å². The van der Waals surface area contributed by atoms with Crippen LogP contribution in [-0.4, -0.2) is 41.3 Å². The number of barbiturate groups is 1. The van der Waals surface area contributed by atoms with Gasteiger partial charge in [0.15, 0.2) is 0 Å². The van der Waals surface area contributed by atoms with Crippen LogP contribution >= 0.6 is 0 Å². The smallest absolute Gasteiger partial charge is 0.351 e. The molecule has 96 valence electrons. The number of amides is 7. The maximum atomic E-state index is 11.7. The van der Waals surface area contributed by atoms with Crippen molar-refractivity contribution in [1.29, 1.82) is 0 Å². The second kappa shape index (κ2) is 3.25. The highest BCUT2D eigenvalue weighted by Crippen LogP contribution is 2.29. The first kappa shape index (κ1) is 11.1. The molecule has 0 aliphatic carbocycles. The van der Waals surface area contributed by atoms with Crippen LogP contribution in [0.25, 0.3) is 0 Å². The van der Waals surface area contributed by atoms with E-state index in [-0.39, 0.29) is 5.57 Å². The van der Waals surface area contributed by atoms with E-state index < -0.39 is 41.3 Å². The predicted octanol–water partition coefficient (Wildman–Crippen LogP) is -2.30. The number of aliphatic imine (C=N–C) groups is 1. The van der Waals surface area contributed by atoms with E-state index >= 15 is 0 Å². The van der Waals surface area contributed by atoms with Gasteiger partial charge in [-0.3, -0.25) is 30.3 Å². The Bertz CT molecular complexity index is 625. The van der Waals surface area contributed by atoms with Crippen LogP contribution < -0.4 is 16.0 Å². The van der Waals surface area contributed by atoms with Crippen molar-refractivity contribution in [2.24, 2.45) is 4.99 Å². The second-order valence-corrected chi connectivity index (χ2v) is 3.81. The molecule has 0 aromatic carbocycles. The number of carbonyl (C=O) groups is 5. The highest BCUT2D eigenvalue weighted by Gasteiger charge is 2.57. The first-order valence-corrected chi connectivity index (χ1v) is 4.95. The molecule has 3 aliphatic rings. The Morgan fingerprint density at radius 2 is 1.63 bits per heavy atom. The monoisotopic (exact) mass is 264 g/mol. The lowest BCUT2D eigenvalue weighted by molar-refractivity contribution is -0.147. The normalized spacial score (nSPS) is 23.9. The summed E-state index contributed by atoms with van der Waals surface area (Å²) in [5.74, 6) is -3.41. The molecule has 3 aliphatic heterocycles. The van der Waals surface area contributed by atoms with Gasteiger partial charge in [-0.2, -0.15) is 4.99 Å². The van der Waals surface area contributed by atoms with E-state index in [1.807, 2.05) is 16.0 Å². The molecule has 1 saturated heterocycles. The summed E-state index contributed by atoms with van der Waals surface area (Å²) in [6.07, 6.45) is 0.907. The fourth-order valence-electron chi connectivity index (χ4n) is 1.78. The van der Waals surface area contributed by atoms with Gasteiger partial charge in [-0.1, -0.05) is 0 Å². The molecule has 3 heterocycles. The first-order valence-electron chi connectivity index (χ1n) is 4.95. The number of urea groups is 2. The van der Waals surface area contributed by atoms with Crippen LogP contribution in [0.5, 0.6) is 0 Å². The number of fused-ring (bicyclic) bond motifs is 1. The summed E-state index contributed by atoms with van der Waals surface area (Å²) in [4.78, 5) is 60.3. The number of ether oxygens (including phenoxy) is 1. The van der Waals surface area contributed by atoms with Crippen LogP contribution in [0.2, 0.25) is 0 Å². The molecule has 10 heteroatoms. The second-order valence-electron chi connectivity index (χ2n) is 3.81. The fourth-order valence-corrected chi connectivity index (χ4v) is 1.78. The van der Waals surface area contributed by atoms with Crippen molar-refractivity contribution in [2.75, 3.05) is 0 Å². The van der Waals surface area contributed by atoms with Crippen LogP contribution in [0.4, 0.5) is 9.59 Å². The molecule has 3 rings (SSSR count). The minimum Gasteiger partial charge on any atom is -0.445 e. The van der Waals surface area contributed by atoms with Crippen molar-refractivity contribution in [1.82, 2.24) is 16.0 Å². The lowest BCUT2D eigenvalue weighted by Crippen LogP contribution is -2.66. The van der Waals surface area contributed by atoms with Gasteiger partial charge in [0.2, 0.25) is 5.90 Å². The third-order valence-corrected chi connectivity index (χ3v) is 2.63.